The molecule has 26 heavy (non-hydrogen) atoms. The fourth-order valence-corrected chi connectivity index (χ4v) is 5.19. The van der Waals surface area contributed by atoms with Crippen LogP contribution >= 0.6 is 0 Å². The molecule has 0 aromatic carbocycles. The van der Waals surface area contributed by atoms with E-state index in [0.29, 0.717) is 0 Å². The lowest BCUT2D eigenvalue weighted by atomic mass is 10.0. The Morgan fingerprint density at radius 2 is 0.962 bits per heavy atom. The first-order chi connectivity index (χ1) is 12.4. The summed E-state index contributed by atoms with van der Waals surface area (Å²) >= 11 is 0. The summed E-state index contributed by atoms with van der Waals surface area (Å²) in [7, 11) is 3.71. The molecule has 0 fully saturated rings. The molecular weight excluding hydrogens is 330 g/mol. The molecule has 0 N–H and O–H groups in total. The zero-order valence-corrected chi connectivity index (χ0v) is 20.5. The van der Waals surface area contributed by atoms with Crippen LogP contribution in [0.1, 0.15) is 110 Å². The molecule has 0 aromatic rings. The third kappa shape index (κ3) is 19.0. The maximum Gasteiger partial charge on any atom is 0.0442 e. The van der Waals surface area contributed by atoms with Crippen LogP contribution in [-0.2, 0) is 0 Å². The van der Waals surface area contributed by atoms with E-state index in [1.807, 2.05) is 0 Å². The van der Waals surface area contributed by atoms with Gasteiger partial charge in [-0.3, -0.25) is 0 Å². The van der Waals surface area contributed by atoms with E-state index >= 15 is 0 Å². The summed E-state index contributed by atoms with van der Waals surface area (Å²) in [6.07, 6.45) is 23.2. The minimum absolute atomic E-state index is 0.819. The quantitative estimate of drug-likeness (QED) is 0.159. The zero-order chi connectivity index (χ0) is 19.7. The van der Waals surface area contributed by atoms with E-state index in [2.05, 4.69) is 45.6 Å². The Morgan fingerprint density at radius 1 is 0.577 bits per heavy atom. The molecule has 0 aliphatic carbocycles. The average molecular weight is 384 g/mol. The number of nitrogens with zero attached hydrogens (tertiary/aromatic N) is 1. The highest BCUT2D eigenvalue weighted by Crippen LogP contribution is 2.19. The van der Waals surface area contributed by atoms with E-state index in [0.717, 1.165) is 6.04 Å². The van der Waals surface area contributed by atoms with Crippen molar-refractivity contribution in [1.29, 1.82) is 0 Å². The van der Waals surface area contributed by atoms with Crippen molar-refractivity contribution in [3.8, 4) is 0 Å². The van der Waals surface area contributed by atoms with Gasteiger partial charge in [-0.25, -0.2) is 0 Å². The van der Waals surface area contributed by atoms with Gasteiger partial charge in [0.25, 0.3) is 0 Å². The van der Waals surface area contributed by atoms with Crippen LogP contribution in [-0.4, -0.2) is 33.1 Å². The minimum Gasteiger partial charge on any atom is -0.306 e. The molecule has 0 bridgehead atoms. The van der Waals surface area contributed by atoms with E-state index in [-0.39, 0.29) is 0 Å². The smallest absolute Gasteiger partial charge is 0.0442 e. The fraction of sp³-hybridized carbons (Fsp3) is 1.00. The van der Waals surface area contributed by atoms with Crippen LogP contribution < -0.4 is 0 Å². The normalized spacial score (nSPS) is 13.5. The van der Waals surface area contributed by atoms with E-state index in [9.17, 15) is 0 Å². The van der Waals surface area contributed by atoms with Gasteiger partial charge in [-0.1, -0.05) is 123 Å². The summed E-state index contributed by atoms with van der Waals surface area (Å²) in [5, 5.41) is 0. The van der Waals surface area contributed by atoms with Crippen LogP contribution in [0.3, 0.4) is 0 Å². The first kappa shape index (κ1) is 26.2. The topological polar surface area (TPSA) is 3.24 Å². The Kier molecular flexibility index (Phi) is 17.4. The average Bonchev–Trinajstić information content (AvgIpc) is 2.56. The van der Waals surface area contributed by atoms with E-state index in [1.165, 1.54) is 109 Å². The Bertz CT molecular complexity index is 282. The van der Waals surface area contributed by atoms with Gasteiger partial charge in [-0.2, -0.15) is 0 Å². The van der Waals surface area contributed by atoms with Crippen molar-refractivity contribution in [1.82, 2.24) is 4.90 Å². The second-order valence-electron chi connectivity index (χ2n) is 10.1. The SMILES string of the molecule is CCCCCCCCCCCCCCCC(CCC[Si](C)(C)C)N(C)C. The molecule has 0 saturated heterocycles. The van der Waals surface area contributed by atoms with E-state index < -0.39 is 8.07 Å². The fourth-order valence-electron chi connectivity index (χ4n) is 3.93. The molecule has 0 aliphatic rings. The van der Waals surface area contributed by atoms with Crippen molar-refractivity contribution in [2.75, 3.05) is 14.1 Å². The molecule has 1 atom stereocenters. The summed E-state index contributed by atoms with van der Waals surface area (Å²) in [5.74, 6) is 0. The lowest BCUT2D eigenvalue weighted by Crippen LogP contribution is -2.29. The predicted octanol–water partition coefficient (Wildman–Crippen LogP) is 8.52. The molecule has 1 nitrogen and oxygen atoms in total. The molecule has 0 heterocycles. The number of hydrogen-bond donors (Lipinski definition) is 0. The summed E-state index contributed by atoms with van der Waals surface area (Å²) in [4.78, 5) is 2.48. The molecule has 0 amide bonds. The molecular formula is C24H53NSi. The summed E-state index contributed by atoms with van der Waals surface area (Å²) in [5.41, 5.74) is 0. The van der Waals surface area contributed by atoms with Crippen LogP contribution in [0.25, 0.3) is 0 Å². The number of hydrogen-bond acceptors (Lipinski definition) is 1. The molecule has 0 aromatic heterocycles. The lowest BCUT2D eigenvalue weighted by molar-refractivity contribution is 0.255. The van der Waals surface area contributed by atoms with Crippen molar-refractivity contribution in [2.24, 2.45) is 0 Å². The molecule has 2 heteroatoms. The molecule has 0 rings (SSSR count). The van der Waals surface area contributed by atoms with Gasteiger partial charge in [0.2, 0.25) is 0 Å². The van der Waals surface area contributed by atoms with Gasteiger partial charge in [0.05, 0.1) is 0 Å². The van der Waals surface area contributed by atoms with Gasteiger partial charge in [0.15, 0.2) is 0 Å². The second kappa shape index (κ2) is 17.3. The third-order valence-corrected chi connectivity index (χ3v) is 7.69. The van der Waals surface area contributed by atoms with Gasteiger partial charge in [-0.15, -0.1) is 0 Å². The molecule has 0 saturated carbocycles. The first-order valence-corrected chi connectivity index (χ1v) is 15.7. The Hall–Kier alpha value is 0.177. The maximum atomic E-state index is 2.50. The van der Waals surface area contributed by atoms with Crippen molar-refractivity contribution in [2.45, 2.75) is 141 Å². The van der Waals surface area contributed by atoms with Crippen LogP contribution in [0.5, 0.6) is 0 Å². The first-order valence-electron chi connectivity index (χ1n) is 12.0. The van der Waals surface area contributed by atoms with Gasteiger partial charge < -0.3 is 4.90 Å². The van der Waals surface area contributed by atoms with Gasteiger partial charge in [0, 0.05) is 14.1 Å². The number of unbranched alkanes of at least 4 members (excludes halogenated alkanes) is 12. The van der Waals surface area contributed by atoms with E-state index in [1.54, 1.807) is 0 Å². The molecule has 158 valence electrons. The highest BCUT2D eigenvalue weighted by atomic mass is 28.3. The van der Waals surface area contributed by atoms with Crippen LogP contribution in [0.15, 0.2) is 0 Å². The summed E-state index contributed by atoms with van der Waals surface area (Å²) < 4.78 is 0. The standard InChI is InChI=1S/C24H53NSi/c1-7-8-9-10-11-12-13-14-15-16-17-18-19-21-24(25(2)3)22-20-23-26(4,5)6/h24H,7-23H2,1-6H3. The van der Waals surface area contributed by atoms with Crippen molar-refractivity contribution in [3.63, 3.8) is 0 Å². The zero-order valence-electron chi connectivity index (χ0n) is 19.5. The Morgan fingerprint density at radius 3 is 1.35 bits per heavy atom. The third-order valence-electron chi connectivity index (χ3n) is 5.84. The summed E-state index contributed by atoms with van der Waals surface area (Å²) in [6, 6.07) is 2.31. The second-order valence-corrected chi connectivity index (χ2v) is 15.7. The lowest BCUT2D eigenvalue weighted by Gasteiger charge is -2.26. The Balaban J connectivity index is 3.45. The van der Waals surface area contributed by atoms with E-state index in [4.69, 9.17) is 0 Å². The maximum absolute atomic E-state index is 2.50. The monoisotopic (exact) mass is 383 g/mol. The van der Waals surface area contributed by atoms with Crippen LogP contribution in [0.4, 0.5) is 0 Å². The molecule has 0 radical (unpaired) electrons. The van der Waals surface area contributed by atoms with Crippen LogP contribution in [0, 0.1) is 0 Å². The van der Waals surface area contributed by atoms with Gasteiger partial charge >= 0.3 is 0 Å². The molecule has 1 unspecified atom stereocenters. The minimum atomic E-state index is -0.849. The van der Waals surface area contributed by atoms with Crippen molar-refractivity contribution < 1.29 is 0 Å². The molecule has 0 aliphatic heterocycles. The predicted molar refractivity (Wildman–Crippen MR) is 125 cm³/mol. The number of rotatable bonds is 19. The highest BCUT2D eigenvalue weighted by Gasteiger charge is 2.15. The van der Waals surface area contributed by atoms with Gasteiger partial charge in [0.1, 0.15) is 0 Å². The highest BCUT2D eigenvalue weighted by molar-refractivity contribution is 6.76. The van der Waals surface area contributed by atoms with Crippen LogP contribution in [0.2, 0.25) is 25.7 Å². The van der Waals surface area contributed by atoms with Gasteiger partial charge in [-0.05, 0) is 26.9 Å². The molecule has 0 spiro atoms. The largest absolute Gasteiger partial charge is 0.306 e. The van der Waals surface area contributed by atoms with Crippen molar-refractivity contribution in [3.05, 3.63) is 0 Å². The van der Waals surface area contributed by atoms with Crippen molar-refractivity contribution >= 4 is 8.07 Å². The Labute approximate surface area is 168 Å². The summed E-state index contributed by atoms with van der Waals surface area (Å²) in [6.45, 7) is 9.81.